The Balaban J connectivity index is 1.86. The summed E-state index contributed by atoms with van der Waals surface area (Å²) < 4.78 is 6.94. The number of unbranched alkanes of at least 4 members (excludes halogenated alkanes) is 7. The third-order valence-electron chi connectivity index (χ3n) is 6.01. The van der Waals surface area contributed by atoms with E-state index in [9.17, 15) is 4.79 Å². The Hall–Kier alpha value is -2.17. The van der Waals surface area contributed by atoms with Gasteiger partial charge in [-0.15, -0.1) is 0 Å². The molecule has 0 bridgehead atoms. The van der Waals surface area contributed by atoms with Crippen LogP contribution in [0.3, 0.4) is 0 Å². The van der Waals surface area contributed by atoms with Crippen LogP contribution in [0.5, 0.6) is 0 Å². The number of benzene rings is 2. The van der Waals surface area contributed by atoms with Crippen molar-refractivity contribution in [2.45, 2.75) is 77.2 Å². The van der Waals surface area contributed by atoms with Crippen molar-refractivity contribution in [3.05, 3.63) is 72.8 Å². The number of carbonyl (C=O) groups is 1. The smallest absolute Gasteiger partial charge is 0.327 e. The zero-order chi connectivity index (χ0) is 23.3. The first kappa shape index (κ1) is 26.1. The fraction of sp³-hybridized carbons (Fsp3) is 0.464. The van der Waals surface area contributed by atoms with Gasteiger partial charge in [-0.3, -0.25) is 0 Å². The molecule has 4 heteroatoms. The number of rotatable bonds is 14. The predicted molar refractivity (Wildman–Crippen MR) is 137 cm³/mol. The molecule has 0 heterocycles. The van der Waals surface area contributed by atoms with E-state index in [0.717, 1.165) is 25.9 Å². The average Bonchev–Trinajstić information content (AvgIpc) is 2.77. The molecule has 32 heavy (non-hydrogen) atoms. The minimum atomic E-state index is -2.40. The van der Waals surface area contributed by atoms with Gasteiger partial charge in [0.1, 0.15) is 0 Å². The summed E-state index contributed by atoms with van der Waals surface area (Å²) >= 11 is 0. The second-order valence-electron chi connectivity index (χ2n) is 9.52. The molecule has 0 saturated heterocycles. The fourth-order valence-electron chi connectivity index (χ4n) is 4.42. The highest BCUT2D eigenvalue weighted by molar-refractivity contribution is 6.99. The van der Waals surface area contributed by atoms with Crippen molar-refractivity contribution >= 4 is 24.7 Å². The second-order valence-corrected chi connectivity index (χ2v) is 13.8. The van der Waals surface area contributed by atoms with Crippen LogP contribution in [0.2, 0.25) is 5.04 Å². The third-order valence-corrected chi connectivity index (χ3v) is 11.1. The number of carboxylic acid groups (broad SMARTS) is 1. The molecule has 0 saturated carbocycles. The molecule has 174 valence electrons. The van der Waals surface area contributed by atoms with Gasteiger partial charge in [-0.1, -0.05) is 120 Å². The second kappa shape index (κ2) is 13.4. The van der Waals surface area contributed by atoms with Gasteiger partial charge >= 0.3 is 5.97 Å². The molecule has 0 aromatic heterocycles. The quantitative estimate of drug-likeness (QED) is 0.207. The van der Waals surface area contributed by atoms with Crippen LogP contribution in [0.1, 0.15) is 72.1 Å². The monoisotopic (exact) mass is 452 g/mol. The molecule has 0 aliphatic carbocycles. The summed E-state index contributed by atoms with van der Waals surface area (Å²) in [5, 5.41) is 11.3. The van der Waals surface area contributed by atoms with E-state index in [1.54, 1.807) is 6.08 Å². The molecule has 0 fully saturated rings. The zero-order valence-corrected chi connectivity index (χ0v) is 21.1. The van der Waals surface area contributed by atoms with E-state index < -0.39 is 14.3 Å². The summed E-state index contributed by atoms with van der Waals surface area (Å²) in [6, 6.07) is 21.7. The number of hydrogen-bond donors (Lipinski definition) is 1. The predicted octanol–water partition coefficient (Wildman–Crippen LogP) is 6.32. The summed E-state index contributed by atoms with van der Waals surface area (Å²) in [6.45, 7) is 7.77. The van der Waals surface area contributed by atoms with Gasteiger partial charge in [0.25, 0.3) is 8.32 Å². The molecular formula is C28H40O3Si. The number of carboxylic acids is 1. The van der Waals surface area contributed by atoms with Crippen LogP contribution in [-0.2, 0) is 9.22 Å². The first-order valence-corrected chi connectivity index (χ1v) is 13.9. The Labute approximate surface area is 195 Å². The molecule has 0 spiro atoms. The molecule has 0 aliphatic rings. The van der Waals surface area contributed by atoms with Gasteiger partial charge in [0.2, 0.25) is 0 Å². The SMILES string of the molecule is CC(C)(C)[Si](OCCCCCCCCC/C=C/C(=O)O)(c1ccccc1)c1ccccc1. The Morgan fingerprint density at radius 3 is 1.75 bits per heavy atom. The van der Waals surface area contributed by atoms with Crippen molar-refractivity contribution in [3.63, 3.8) is 0 Å². The number of hydrogen-bond acceptors (Lipinski definition) is 2. The van der Waals surface area contributed by atoms with E-state index in [4.69, 9.17) is 9.53 Å². The Bertz CT molecular complexity index is 770. The van der Waals surface area contributed by atoms with Crippen LogP contribution < -0.4 is 10.4 Å². The lowest BCUT2D eigenvalue weighted by atomic mass is 10.1. The highest BCUT2D eigenvalue weighted by Gasteiger charge is 2.49. The van der Waals surface area contributed by atoms with E-state index in [-0.39, 0.29) is 5.04 Å². The van der Waals surface area contributed by atoms with Crippen LogP contribution in [0, 0.1) is 0 Å². The first-order valence-electron chi connectivity index (χ1n) is 12.0. The standard InChI is InChI=1S/C28H40O3Si/c1-28(2,3)32(25-19-13-11-14-20-25,26-21-15-12-16-22-26)31-24-18-10-8-6-4-5-7-9-17-23-27(29)30/h11-17,19-23H,4-10,18,24H2,1-3H3,(H,29,30)/b23-17+. The molecule has 0 aliphatic heterocycles. The first-order chi connectivity index (χ1) is 15.4. The van der Waals surface area contributed by atoms with Crippen molar-refractivity contribution < 1.29 is 14.3 Å². The summed E-state index contributed by atoms with van der Waals surface area (Å²) in [7, 11) is -2.40. The van der Waals surface area contributed by atoms with Gasteiger partial charge in [-0.05, 0) is 34.7 Å². The summed E-state index contributed by atoms with van der Waals surface area (Å²) in [4.78, 5) is 10.4. The summed E-state index contributed by atoms with van der Waals surface area (Å²) in [5.74, 6) is -0.856. The summed E-state index contributed by atoms with van der Waals surface area (Å²) in [6.07, 6.45) is 12.1. The minimum Gasteiger partial charge on any atom is -0.478 e. The van der Waals surface area contributed by atoms with E-state index in [2.05, 4.69) is 81.4 Å². The van der Waals surface area contributed by atoms with Crippen molar-refractivity contribution in [2.24, 2.45) is 0 Å². The fourth-order valence-corrected chi connectivity index (χ4v) is 9.03. The Morgan fingerprint density at radius 2 is 1.28 bits per heavy atom. The lowest BCUT2D eigenvalue weighted by molar-refractivity contribution is -0.131. The van der Waals surface area contributed by atoms with Gasteiger partial charge in [-0.2, -0.15) is 0 Å². The minimum absolute atomic E-state index is 0.0325. The molecule has 2 aromatic carbocycles. The topological polar surface area (TPSA) is 46.5 Å². The largest absolute Gasteiger partial charge is 0.478 e. The Kier molecular flexibility index (Phi) is 10.9. The van der Waals surface area contributed by atoms with Crippen molar-refractivity contribution in [1.29, 1.82) is 0 Å². The van der Waals surface area contributed by atoms with E-state index >= 15 is 0 Å². The van der Waals surface area contributed by atoms with Crippen molar-refractivity contribution in [1.82, 2.24) is 0 Å². The highest BCUT2D eigenvalue weighted by Crippen LogP contribution is 2.36. The molecule has 2 rings (SSSR count). The summed E-state index contributed by atoms with van der Waals surface area (Å²) in [5.41, 5.74) is 0. The van der Waals surface area contributed by atoms with Gasteiger partial charge in [0.05, 0.1) is 0 Å². The molecule has 1 N–H and O–H groups in total. The lowest BCUT2D eigenvalue weighted by Gasteiger charge is -2.43. The van der Waals surface area contributed by atoms with Crippen LogP contribution in [0.4, 0.5) is 0 Å². The van der Waals surface area contributed by atoms with E-state index in [1.807, 2.05) is 0 Å². The van der Waals surface area contributed by atoms with Gasteiger partial charge in [0, 0.05) is 12.7 Å². The van der Waals surface area contributed by atoms with Crippen LogP contribution in [0.25, 0.3) is 0 Å². The average molecular weight is 453 g/mol. The molecular weight excluding hydrogens is 412 g/mol. The number of aliphatic carboxylic acids is 1. The van der Waals surface area contributed by atoms with Crippen molar-refractivity contribution in [2.75, 3.05) is 6.61 Å². The Morgan fingerprint density at radius 1 is 0.812 bits per heavy atom. The molecule has 0 unspecified atom stereocenters. The third kappa shape index (κ3) is 7.75. The van der Waals surface area contributed by atoms with Gasteiger partial charge < -0.3 is 9.53 Å². The lowest BCUT2D eigenvalue weighted by Crippen LogP contribution is -2.66. The van der Waals surface area contributed by atoms with E-state index in [0.29, 0.717) is 0 Å². The molecule has 0 radical (unpaired) electrons. The van der Waals surface area contributed by atoms with Crippen LogP contribution >= 0.6 is 0 Å². The van der Waals surface area contributed by atoms with Gasteiger partial charge in [-0.25, -0.2) is 4.79 Å². The van der Waals surface area contributed by atoms with Crippen LogP contribution in [0.15, 0.2) is 72.8 Å². The van der Waals surface area contributed by atoms with Crippen molar-refractivity contribution in [3.8, 4) is 0 Å². The maximum Gasteiger partial charge on any atom is 0.327 e. The van der Waals surface area contributed by atoms with E-state index in [1.165, 1.54) is 48.6 Å². The number of allylic oxidation sites excluding steroid dienone is 1. The maximum atomic E-state index is 10.4. The highest BCUT2D eigenvalue weighted by atomic mass is 28.4. The van der Waals surface area contributed by atoms with Gasteiger partial charge in [0.15, 0.2) is 0 Å². The molecule has 0 amide bonds. The molecule has 2 aromatic rings. The normalized spacial score (nSPS) is 12.3. The maximum absolute atomic E-state index is 10.4. The molecule has 3 nitrogen and oxygen atoms in total. The van der Waals surface area contributed by atoms with Crippen LogP contribution in [-0.4, -0.2) is 26.0 Å². The zero-order valence-electron chi connectivity index (χ0n) is 20.1. The molecule has 0 atom stereocenters.